The first kappa shape index (κ1) is 29.0. The fraction of sp³-hybridized carbons (Fsp3) is 0.462. The van der Waals surface area contributed by atoms with Gasteiger partial charge in [-0.3, -0.25) is 0 Å². The predicted molar refractivity (Wildman–Crippen MR) is 127 cm³/mol. The second-order valence-electron chi connectivity index (χ2n) is 8.51. The summed E-state index contributed by atoms with van der Waals surface area (Å²) in [5, 5.41) is 9.21. The minimum absolute atomic E-state index is 0.0875. The van der Waals surface area contributed by atoms with Gasteiger partial charge in [0.2, 0.25) is 0 Å². The van der Waals surface area contributed by atoms with Gasteiger partial charge in [0.05, 0.1) is 12.1 Å². The van der Waals surface area contributed by atoms with Crippen LogP contribution in [0.2, 0.25) is 0 Å². The molecule has 0 aliphatic carbocycles. The molecule has 7 nitrogen and oxygen atoms in total. The molecule has 0 aromatic heterocycles. The lowest BCUT2D eigenvalue weighted by atomic mass is 10.1. The van der Waals surface area contributed by atoms with E-state index in [4.69, 9.17) is 14.2 Å². The monoisotopic (exact) mass is 511 g/mol. The molecule has 1 atom stereocenters. The number of halogens is 3. The lowest BCUT2D eigenvalue weighted by Gasteiger charge is -2.24. The van der Waals surface area contributed by atoms with Gasteiger partial charge in [-0.05, 0) is 49.1 Å². The summed E-state index contributed by atoms with van der Waals surface area (Å²) in [5.41, 5.74) is -0.262. The van der Waals surface area contributed by atoms with E-state index in [1.54, 1.807) is 31.2 Å². The highest BCUT2D eigenvalue weighted by atomic mass is 19.4. The second-order valence-corrected chi connectivity index (χ2v) is 8.51. The van der Waals surface area contributed by atoms with Crippen molar-refractivity contribution in [3.05, 3.63) is 59.7 Å². The molecule has 10 heteroatoms. The molecular formula is C26H32F3NO6. The molecule has 2 aromatic rings. The molecule has 0 radical (unpaired) electrons. The number of aliphatic carboxylic acids is 1. The van der Waals surface area contributed by atoms with Gasteiger partial charge in [-0.25, -0.2) is 9.59 Å². The number of para-hydroxylation sites is 1. The van der Waals surface area contributed by atoms with E-state index in [0.29, 0.717) is 18.7 Å². The number of carbonyl (C=O) groups is 2. The van der Waals surface area contributed by atoms with Gasteiger partial charge < -0.3 is 24.2 Å². The number of carboxylic acids is 1. The van der Waals surface area contributed by atoms with Gasteiger partial charge in [-0.1, -0.05) is 38.1 Å². The van der Waals surface area contributed by atoms with Crippen molar-refractivity contribution in [3.8, 4) is 11.5 Å². The van der Waals surface area contributed by atoms with Crippen LogP contribution in [0.1, 0.15) is 38.3 Å². The van der Waals surface area contributed by atoms with E-state index in [1.165, 1.54) is 17.0 Å². The number of amides is 1. The normalized spacial score (nSPS) is 12.3. The van der Waals surface area contributed by atoms with E-state index in [1.807, 2.05) is 13.8 Å². The Labute approximate surface area is 208 Å². The van der Waals surface area contributed by atoms with E-state index in [9.17, 15) is 27.9 Å². The summed E-state index contributed by atoms with van der Waals surface area (Å²) in [6, 6.07) is 11.4. The summed E-state index contributed by atoms with van der Waals surface area (Å²) in [5.74, 6) is -0.819. The summed E-state index contributed by atoms with van der Waals surface area (Å²) in [7, 11) is 0. The quantitative estimate of drug-likeness (QED) is 0.373. The summed E-state index contributed by atoms with van der Waals surface area (Å²) in [6.07, 6.45) is -5.64. The van der Waals surface area contributed by atoms with E-state index in [0.717, 1.165) is 17.7 Å². The lowest BCUT2D eigenvalue weighted by molar-refractivity contribution is -0.150. The van der Waals surface area contributed by atoms with Gasteiger partial charge in [0.15, 0.2) is 6.10 Å². The first-order valence-corrected chi connectivity index (χ1v) is 11.7. The van der Waals surface area contributed by atoms with Crippen LogP contribution in [0.3, 0.4) is 0 Å². The smallest absolute Gasteiger partial charge is 0.419 e. The minimum Gasteiger partial charge on any atom is -0.492 e. The molecule has 0 saturated carbocycles. The maximum Gasteiger partial charge on any atom is 0.419 e. The highest BCUT2D eigenvalue weighted by molar-refractivity contribution is 5.72. The summed E-state index contributed by atoms with van der Waals surface area (Å²) in [4.78, 5) is 25.3. The summed E-state index contributed by atoms with van der Waals surface area (Å²) >= 11 is 0. The molecule has 198 valence electrons. The van der Waals surface area contributed by atoms with Crippen molar-refractivity contribution in [1.82, 2.24) is 4.90 Å². The Morgan fingerprint density at radius 1 is 1.03 bits per heavy atom. The fourth-order valence-electron chi connectivity index (χ4n) is 3.29. The summed E-state index contributed by atoms with van der Waals surface area (Å²) in [6.45, 7) is 6.44. The van der Waals surface area contributed by atoms with Gasteiger partial charge in [-0.2, -0.15) is 13.2 Å². The number of ether oxygens (including phenoxy) is 3. The molecule has 0 saturated heterocycles. The molecule has 2 aromatic carbocycles. The standard InChI is InChI=1S/C26H32F3NO6/c1-4-34-23(24(31)32)17-19-9-11-20(12-10-19)35-16-15-30(14-13-18(2)3)25(33)36-22-8-6-5-7-21(22)26(27,28)29/h5-12,18,23H,4,13-17H2,1-3H3,(H,31,32). The second kappa shape index (κ2) is 13.7. The summed E-state index contributed by atoms with van der Waals surface area (Å²) < 4.78 is 55.8. The number of nitrogens with zero attached hydrogens (tertiary/aromatic N) is 1. The molecule has 0 aliphatic heterocycles. The fourth-order valence-corrected chi connectivity index (χ4v) is 3.29. The van der Waals surface area contributed by atoms with Gasteiger partial charge in [-0.15, -0.1) is 0 Å². The highest BCUT2D eigenvalue weighted by Gasteiger charge is 2.35. The number of hydrogen-bond acceptors (Lipinski definition) is 5. The van der Waals surface area contributed by atoms with Crippen LogP contribution >= 0.6 is 0 Å². The molecule has 1 N–H and O–H groups in total. The zero-order valence-electron chi connectivity index (χ0n) is 20.6. The van der Waals surface area contributed by atoms with Crippen LogP contribution in [0.5, 0.6) is 11.5 Å². The molecule has 36 heavy (non-hydrogen) atoms. The molecule has 0 bridgehead atoms. The third-order valence-corrected chi connectivity index (χ3v) is 5.24. The molecular weight excluding hydrogens is 479 g/mol. The number of benzene rings is 2. The molecule has 0 heterocycles. The molecule has 1 amide bonds. The Morgan fingerprint density at radius 3 is 2.28 bits per heavy atom. The van der Waals surface area contributed by atoms with Crippen LogP contribution in [0.15, 0.2) is 48.5 Å². The zero-order valence-corrected chi connectivity index (χ0v) is 20.6. The maximum absolute atomic E-state index is 13.3. The van der Waals surface area contributed by atoms with Crippen LogP contribution in [0, 0.1) is 5.92 Å². The number of carbonyl (C=O) groups excluding carboxylic acids is 1. The van der Waals surface area contributed by atoms with Crippen LogP contribution < -0.4 is 9.47 Å². The van der Waals surface area contributed by atoms with Crippen molar-refractivity contribution in [2.24, 2.45) is 5.92 Å². The van der Waals surface area contributed by atoms with Gasteiger partial charge in [0.1, 0.15) is 18.1 Å². The Balaban J connectivity index is 1.99. The van der Waals surface area contributed by atoms with Crippen LogP contribution in [-0.2, 0) is 22.1 Å². The SMILES string of the molecule is CCOC(Cc1ccc(OCCN(CCC(C)C)C(=O)Oc2ccccc2C(F)(F)F)cc1)C(=O)O. The Bertz CT molecular complexity index is 978. The van der Waals surface area contributed by atoms with Gasteiger partial charge in [0, 0.05) is 19.6 Å². The molecule has 2 rings (SSSR count). The molecule has 0 fully saturated rings. The number of hydrogen-bond donors (Lipinski definition) is 1. The number of rotatable bonds is 13. The molecule has 0 aliphatic rings. The number of carboxylic acid groups (broad SMARTS) is 1. The highest BCUT2D eigenvalue weighted by Crippen LogP contribution is 2.36. The van der Waals surface area contributed by atoms with Crippen LogP contribution in [0.25, 0.3) is 0 Å². The van der Waals surface area contributed by atoms with Crippen LogP contribution in [-0.4, -0.2) is 54.5 Å². The van der Waals surface area contributed by atoms with Crippen molar-refractivity contribution in [3.63, 3.8) is 0 Å². The third-order valence-electron chi connectivity index (χ3n) is 5.24. The van der Waals surface area contributed by atoms with Crippen molar-refractivity contribution in [1.29, 1.82) is 0 Å². The topological polar surface area (TPSA) is 85.3 Å². The van der Waals surface area contributed by atoms with E-state index in [2.05, 4.69) is 0 Å². The van der Waals surface area contributed by atoms with Gasteiger partial charge in [0.25, 0.3) is 0 Å². The first-order valence-electron chi connectivity index (χ1n) is 11.7. The Kier molecular flexibility index (Phi) is 11.0. The van der Waals surface area contributed by atoms with Crippen molar-refractivity contribution < 1.29 is 42.1 Å². The third kappa shape index (κ3) is 9.41. The molecule has 0 spiro atoms. The van der Waals surface area contributed by atoms with Crippen molar-refractivity contribution >= 4 is 12.1 Å². The minimum atomic E-state index is -4.65. The number of alkyl halides is 3. The Morgan fingerprint density at radius 2 is 1.69 bits per heavy atom. The van der Waals surface area contributed by atoms with Gasteiger partial charge >= 0.3 is 18.2 Å². The van der Waals surface area contributed by atoms with Crippen molar-refractivity contribution in [2.45, 2.75) is 45.9 Å². The first-order chi connectivity index (χ1) is 17.0. The average Bonchev–Trinajstić information content (AvgIpc) is 2.81. The predicted octanol–water partition coefficient (Wildman–Crippen LogP) is 5.66. The molecule has 1 unspecified atom stereocenters. The largest absolute Gasteiger partial charge is 0.492 e. The van der Waals surface area contributed by atoms with E-state index in [-0.39, 0.29) is 32.1 Å². The van der Waals surface area contributed by atoms with Crippen LogP contribution in [0.4, 0.5) is 18.0 Å². The average molecular weight is 512 g/mol. The van der Waals surface area contributed by atoms with E-state index < -0.39 is 35.7 Å². The Hall–Kier alpha value is -3.27. The zero-order chi connectivity index (χ0) is 26.7. The maximum atomic E-state index is 13.3. The lowest BCUT2D eigenvalue weighted by Crippen LogP contribution is -2.38. The van der Waals surface area contributed by atoms with E-state index >= 15 is 0 Å². The van der Waals surface area contributed by atoms with Crippen molar-refractivity contribution in [2.75, 3.05) is 26.3 Å².